The van der Waals surface area contributed by atoms with E-state index in [0.717, 1.165) is 13.0 Å². The topological polar surface area (TPSA) is 74.4 Å². The molecule has 2 N–H and O–H groups in total. The van der Waals surface area contributed by atoms with E-state index < -0.39 is 5.60 Å². The fourth-order valence-electron chi connectivity index (χ4n) is 2.40. The van der Waals surface area contributed by atoms with Gasteiger partial charge in [-0.25, -0.2) is 4.79 Å². The average molecular weight is 469 g/mol. The number of aliphatic imine (C=N–C) groups is 1. The van der Waals surface area contributed by atoms with Crippen LogP contribution in [0.5, 0.6) is 0 Å². The molecule has 8 heteroatoms. The molecule has 1 aliphatic heterocycles. The van der Waals surface area contributed by atoms with Gasteiger partial charge in [-0.05, 0) is 41.2 Å². The Morgan fingerprint density at radius 2 is 1.76 bits per heavy atom. The number of carbonyl (C=O) groups excluding carboxylic acids is 1. The van der Waals surface area contributed by atoms with Crippen LogP contribution in [0.15, 0.2) is 4.99 Å². The monoisotopic (exact) mass is 469 g/mol. The van der Waals surface area contributed by atoms with E-state index in [1.165, 1.54) is 0 Å². The third-order valence-corrected chi connectivity index (χ3v) is 4.33. The lowest BCUT2D eigenvalue weighted by atomic mass is 10.2. The molecule has 0 spiro atoms. The van der Waals surface area contributed by atoms with Crippen molar-refractivity contribution < 1.29 is 9.53 Å². The molecule has 7 nitrogen and oxygen atoms in total. The summed E-state index contributed by atoms with van der Waals surface area (Å²) in [6.45, 7) is 14.2. The van der Waals surface area contributed by atoms with Gasteiger partial charge in [0.15, 0.2) is 5.96 Å². The molecule has 25 heavy (non-hydrogen) atoms. The van der Waals surface area contributed by atoms with Gasteiger partial charge in [0.1, 0.15) is 5.60 Å². The minimum absolute atomic E-state index is 0. The van der Waals surface area contributed by atoms with Gasteiger partial charge in [-0.3, -0.25) is 4.99 Å². The number of hydrogen-bond acceptors (Lipinski definition) is 4. The SMILES string of the molecule is CCC(C)N(C)CCN=C(N)N1CCN(C(=O)OC(C)(C)C)CC1.I. The molecule has 1 heterocycles. The molecule has 1 rings (SSSR count). The van der Waals surface area contributed by atoms with Crippen molar-refractivity contribution in [1.82, 2.24) is 14.7 Å². The largest absolute Gasteiger partial charge is 0.444 e. The molecule has 148 valence electrons. The Balaban J connectivity index is 0.00000576. The first-order chi connectivity index (χ1) is 11.1. The lowest BCUT2D eigenvalue weighted by Crippen LogP contribution is -2.53. The summed E-state index contributed by atoms with van der Waals surface area (Å²) < 4.78 is 5.40. The zero-order valence-corrected chi connectivity index (χ0v) is 18.9. The lowest BCUT2D eigenvalue weighted by molar-refractivity contribution is 0.0186. The number of hydrogen-bond donors (Lipinski definition) is 1. The van der Waals surface area contributed by atoms with Crippen molar-refractivity contribution in [2.45, 2.75) is 52.7 Å². The van der Waals surface area contributed by atoms with Crippen LogP contribution in [0.2, 0.25) is 0 Å². The molecule has 1 fully saturated rings. The van der Waals surface area contributed by atoms with Crippen molar-refractivity contribution in [1.29, 1.82) is 0 Å². The van der Waals surface area contributed by atoms with Crippen molar-refractivity contribution in [3.05, 3.63) is 0 Å². The molecule has 0 aromatic heterocycles. The minimum atomic E-state index is -0.462. The van der Waals surface area contributed by atoms with Crippen LogP contribution < -0.4 is 5.73 Å². The second-order valence-corrected chi connectivity index (χ2v) is 7.43. The van der Waals surface area contributed by atoms with Gasteiger partial charge < -0.3 is 25.2 Å². The molecule has 0 radical (unpaired) electrons. The Morgan fingerprint density at radius 3 is 2.24 bits per heavy atom. The number of carbonyl (C=O) groups is 1. The Kier molecular flexibility index (Phi) is 10.7. The van der Waals surface area contributed by atoms with Crippen molar-refractivity contribution in [2.24, 2.45) is 10.7 Å². The first kappa shape index (κ1) is 24.2. The van der Waals surface area contributed by atoms with Gasteiger partial charge in [0.05, 0.1) is 6.54 Å². The quantitative estimate of drug-likeness (QED) is 0.380. The number of likely N-dealkylation sites (N-methyl/N-ethyl adjacent to an activating group) is 1. The fraction of sp³-hybridized carbons (Fsp3) is 0.882. The van der Waals surface area contributed by atoms with Gasteiger partial charge in [-0.1, -0.05) is 6.92 Å². The lowest BCUT2D eigenvalue weighted by Gasteiger charge is -2.36. The minimum Gasteiger partial charge on any atom is -0.444 e. The number of halogens is 1. The summed E-state index contributed by atoms with van der Waals surface area (Å²) >= 11 is 0. The molecule has 0 aliphatic carbocycles. The summed E-state index contributed by atoms with van der Waals surface area (Å²) in [5, 5.41) is 0. The van der Waals surface area contributed by atoms with Gasteiger partial charge in [-0.2, -0.15) is 0 Å². The predicted octanol–water partition coefficient (Wildman–Crippen LogP) is 2.20. The highest BCUT2D eigenvalue weighted by atomic mass is 127. The van der Waals surface area contributed by atoms with Crippen LogP contribution in [-0.2, 0) is 4.74 Å². The second kappa shape index (κ2) is 11.1. The Morgan fingerprint density at radius 1 is 1.24 bits per heavy atom. The Bertz CT molecular complexity index is 431. The van der Waals surface area contributed by atoms with E-state index in [4.69, 9.17) is 10.5 Å². The standard InChI is InChI=1S/C17H35N5O2.HI/c1-7-14(2)20(6)9-8-19-15(18)21-10-12-22(13-11-21)16(23)24-17(3,4)5;/h14H,7-13H2,1-6H3,(H2,18,19);1H. The van der Waals surface area contributed by atoms with Crippen LogP contribution >= 0.6 is 24.0 Å². The zero-order chi connectivity index (χ0) is 18.3. The highest BCUT2D eigenvalue weighted by Crippen LogP contribution is 2.11. The highest BCUT2D eigenvalue weighted by molar-refractivity contribution is 14.0. The van der Waals surface area contributed by atoms with Crippen LogP contribution in [0.4, 0.5) is 4.79 Å². The summed E-state index contributed by atoms with van der Waals surface area (Å²) in [6, 6.07) is 0.554. The third kappa shape index (κ3) is 8.94. The van der Waals surface area contributed by atoms with Gasteiger partial charge >= 0.3 is 6.09 Å². The molecule has 1 atom stereocenters. The number of rotatable bonds is 5. The first-order valence-corrected chi connectivity index (χ1v) is 8.87. The van der Waals surface area contributed by atoms with Gasteiger partial charge in [0.2, 0.25) is 0 Å². The number of guanidine groups is 1. The van der Waals surface area contributed by atoms with Crippen LogP contribution in [-0.4, -0.2) is 84.7 Å². The first-order valence-electron chi connectivity index (χ1n) is 8.87. The molecular formula is C17H36IN5O2. The van der Waals surface area contributed by atoms with E-state index in [2.05, 4.69) is 30.8 Å². The maximum Gasteiger partial charge on any atom is 0.410 e. The van der Waals surface area contributed by atoms with Crippen LogP contribution in [0.1, 0.15) is 41.0 Å². The van der Waals surface area contributed by atoms with E-state index in [0.29, 0.717) is 44.7 Å². The number of nitrogens with two attached hydrogens (primary N) is 1. The normalized spacial score (nSPS) is 17.3. The van der Waals surface area contributed by atoms with Gasteiger partial charge in [0, 0.05) is 38.8 Å². The zero-order valence-electron chi connectivity index (χ0n) is 16.6. The van der Waals surface area contributed by atoms with Crippen molar-refractivity contribution in [2.75, 3.05) is 46.3 Å². The second-order valence-electron chi connectivity index (χ2n) is 7.43. The molecular weight excluding hydrogens is 433 g/mol. The van der Waals surface area contributed by atoms with Crippen LogP contribution in [0.25, 0.3) is 0 Å². The maximum atomic E-state index is 12.0. The molecule has 0 saturated carbocycles. The van der Waals surface area contributed by atoms with Crippen molar-refractivity contribution in [3.63, 3.8) is 0 Å². The molecule has 1 aliphatic rings. The summed E-state index contributed by atoms with van der Waals surface area (Å²) in [5.74, 6) is 0.566. The molecule has 0 aromatic carbocycles. The maximum absolute atomic E-state index is 12.0. The predicted molar refractivity (Wildman–Crippen MR) is 114 cm³/mol. The number of piperazine rings is 1. The smallest absolute Gasteiger partial charge is 0.410 e. The number of amides is 1. The molecule has 0 aromatic rings. The summed E-state index contributed by atoms with van der Waals surface area (Å²) in [5.41, 5.74) is 5.63. The average Bonchev–Trinajstić information content (AvgIpc) is 2.52. The summed E-state index contributed by atoms with van der Waals surface area (Å²) in [6.07, 6.45) is 0.871. The van der Waals surface area contributed by atoms with E-state index in [9.17, 15) is 4.79 Å². The number of ether oxygens (including phenoxy) is 1. The van der Waals surface area contributed by atoms with Gasteiger partial charge in [0.25, 0.3) is 0 Å². The van der Waals surface area contributed by atoms with Crippen molar-refractivity contribution >= 4 is 36.0 Å². The third-order valence-electron chi connectivity index (χ3n) is 4.33. The van der Waals surface area contributed by atoms with Gasteiger partial charge in [-0.15, -0.1) is 24.0 Å². The van der Waals surface area contributed by atoms with Crippen molar-refractivity contribution in [3.8, 4) is 0 Å². The Labute approximate surface area is 170 Å². The molecule has 1 amide bonds. The summed E-state index contributed by atoms with van der Waals surface area (Å²) in [7, 11) is 2.11. The Hall–Kier alpha value is -0.770. The van der Waals surface area contributed by atoms with E-state index in [1.807, 2.05) is 25.7 Å². The molecule has 1 unspecified atom stereocenters. The summed E-state index contributed by atoms with van der Waals surface area (Å²) in [4.78, 5) is 22.6. The molecule has 1 saturated heterocycles. The van der Waals surface area contributed by atoms with Crippen LogP contribution in [0.3, 0.4) is 0 Å². The van der Waals surface area contributed by atoms with E-state index >= 15 is 0 Å². The van der Waals surface area contributed by atoms with Crippen LogP contribution in [0, 0.1) is 0 Å². The fourth-order valence-corrected chi connectivity index (χ4v) is 2.40. The number of nitrogens with zero attached hydrogens (tertiary/aromatic N) is 4. The molecule has 0 bridgehead atoms. The highest BCUT2D eigenvalue weighted by Gasteiger charge is 2.26. The van der Waals surface area contributed by atoms with E-state index in [1.54, 1.807) is 4.90 Å². The van der Waals surface area contributed by atoms with E-state index in [-0.39, 0.29) is 30.1 Å².